The van der Waals surface area contributed by atoms with E-state index in [0.717, 1.165) is 4.88 Å². The van der Waals surface area contributed by atoms with E-state index in [1.165, 1.54) is 23.1 Å². The van der Waals surface area contributed by atoms with Gasteiger partial charge in [0.1, 0.15) is 16.8 Å². The van der Waals surface area contributed by atoms with E-state index in [1.807, 2.05) is 0 Å². The predicted octanol–water partition coefficient (Wildman–Crippen LogP) is 0.769. The van der Waals surface area contributed by atoms with Gasteiger partial charge < -0.3 is 27.0 Å². The molecule has 0 radical (unpaired) electrons. The number of carbonyl (C=O) groups is 3. The Morgan fingerprint density at radius 3 is 2.63 bits per heavy atom. The van der Waals surface area contributed by atoms with Gasteiger partial charge in [-0.05, 0) is 37.1 Å². The van der Waals surface area contributed by atoms with Crippen molar-refractivity contribution < 1.29 is 24.6 Å². The van der Waals surface area contributed by atoms with Crippen molar-refractivity contribution in [1.82, 2.24) is 15.3 Å². The van der Waals surface area contributed by atoms with Crippen LogP contribution in [0.4, 0.5) is 11.8 Å². The van der Waals surface area contributed by atoms with Gasteiger partial charge in [0.15, 0.2) is 0 Å². The minimum Gasteiger partial charge on any atom is -0.481 e. The maximum Gasteiger partial charge on any atom is 0.326 e. The van der Waals surface area contributed by atoms with E-state index in [1.54, 1.807) is 12.1 Å². The third-order valence-electron chi connectivity index (χ3n) is 3.87. The molecule has 0 aliphatic carbocycles. The van der Waals surface area contributed by atoms with Gasteiger partial charge in [-0.15, -0.1) is 23.1 Å². The molecular weight excluding hydrogens is 434 g/mol. The summed E-state index contributed by atoms with van der Waals surface area (Å²) in [4.78, 5) is 53.6. The lowest BCUT2D eigenvalue weighted by atomic mass is 10.1. The number of thioether (sulfide) groups is 1. The lowest BCUT2D eigenvalue weighted by Gasteiger charge is -2.12. The van der Waals surface area contributed by atoms with Crippen molar-refractivity contribution in [1.29, 1.82) is 0 Å². The third kappa shape index (κ3) is 6.77. The summed E-state index contributed by atoms with van der Waals surface area (Å²) < 4.78 is 0. The highest BCUT2D eigenvalue weighted by Gasteiger charge is 2.22. The Balaban J connectivity index is 1.86. The van der Waals surface area contributed by atoms with Crippen molar-refractivity contribution in [3.8, 4) is 0 Å². The van der Waals surface area contributed by atoms with Crippen LogP contribution < -0.4 is 22.3 Å². The standard InChI is InChI=1S/C17H21N5O6S2/c18-13-12(15(26)22-17(19)21-13)29-7-1-2-8-3-5-10(30-8)14(25)20-9(16(27)28)4-6-11(23)24/h3,5,9H,1-2,4,6-7H2,(H,20,25)(H,23,24)(H,27,28)(H5,18,19,21,22,26)/t9-/m0/s1. The van der Waals surface area contributed by atoms with E-state index in [9.17, 15) is 19.2 Å². The molecule has 0 spiro atoms. The number of rotatable bonds is 11. The number of anilines is 2. The summed E-state index contributed by atoms with van der Waals surface area (Å²) in [6.07, 6.45) is 0.786. The average Bonchev–Trinajstić information content (AvgIpc) is 3.12. The Morgan fingerprint density at radius 2 is 2.00 bits per heavy atom. The number of thiophene rings is 1. The SMILES string of the molecule is Nc1nc(N)c(SCCCc2ccc(C(=O)N[C@@H](CCC(=O)O)C(=O)O)s2)c(=O)[nH]1. The number of aromatic nitrogens is 2. The fourth-order valence-corrected chi connectivity index (χ4v) is 4.27. The Hall–Kier alpha value is -3.06. The van der Waals surface area contributed by atoms with Gasteiger partial charge in [0, 0.05) is 11.3 Å². The zero-order valence-corrected chi connectivity index (χ0v) is 17.3. The average molecular weight is 456 g/mol. The highest BCUT2D eigenvalue weighted by molar-refractivity contribution is 7.99. The molecule has 0 unspecified atom stereocenters. The summed E-state index contributed by atoms with van der Waals surface area (Å²) in [6.45, 7) is 0. The normalized spacial score (nSPS) is 11.7. The molecule has 2 rings (SSSR count). The van der Waals surface area contributed by atoms with Crippen LogP contribution in [-0.4, -0.2) is 49.8 Å². The number of amides is 1. The van der Waals surface area contributed by atoms with Crippen LogP contribution in [0.2, 0.25) is 0 Å². The molecule has 1 amide bonds. The van der Waals surface area contributed by atoms with Crippen molar-refractivity contribution in [2.45, 2.75) is 36.6 Å². The van der Waals surface area contributed by atoms with Crippen LogP contribution >= 0.6 is 23.1 Å². The first kappa shape index (κ1) is 23.2. The fraction of sp³-hybridized carbons (Fsp3) is 0.353. The van der Waals surface area contributed by atoms with Crippen molar-refractivity contribution in [2.24, 2.45) is 0 Å². The van der Waals surface area contributed by atoms with Gasteiger partial charge in [0.2, 0.25) is 5.95 Å². The minimum atomic E-state index is -1.29. The number of aliphatic carboxylic acids is 2. The van der Waals surface area contributed by atoms with Crippen molar-refractivity contribution in [3.63, 3.8) is 0 Å². The maximum absolute atomic E-state index is 12.3. The molecule has 8 N–H and O–H groups in total. The zero-order valence-electron chi connectivity index (χ0n) is 15.7. The summed E-state index contributed by atoms with van der Waals surface area (Å²) in [5, 5.41) is 20.1. The lowest BCUT2D eigenvalue weighted by Crippen LogP contribution is -2.40. The number of nitrogen functional groups attached to an aromatic ring is 2. The van der Waals surface area contributed by atoms with E-state index in [2.05, 4.69) is 15.3 Å². The fourth-order valence-electron chi connectivity index (χ4n) is 2.45. The van der Waals surface area contributed by atoms with Crippen LogP contribution in [0.5, 0.6) is 0 Å². The van der Waals surface area contributed by atoms with Crippen LogP contribution in [0.3, 0.4) is 0 Å². The number of carboxylic acids is 2. The summed E-state index contributed by atoms with van der Waals surface area (Å²) in [5.74, 6) is -2.36. The smallest absolute Gasteiger partial charge is 0.326 e. The molecule has 0 aliphatic heterocycles. The number of nitrogens with zero attached hydrogens (tertiary/aromatic N) is 1. The van der Waals surface area contributed by atoms with Gasteiger partial charge >= 0.3 is 11.9 Å². The zero-order chi connectivity index (χ0) is 22.3. The van der Waals surface area contributed by atoms with Crippen LogP contribution in [0.1, 0.15) is 33.8 Å². The van der Waals surface area contributed by atoms with Crippen LogP contribution in [0, 0.1) is 0 Å². The number of aryl methyl sites for hydroxylation is 1. The van der Waals surface area contributed by atoms with Crippen molar-refractivity contribution in [3.05, 3.63) is 32.2 Å². The molecule has 0 saturated heterocycles. The molecule has 0 aromatic carbocycles. The Labute approximate surface area is 178 Å². The molecule has 2 heterocycles. The number of nitrogens with two attached hydrogens (primary N) is 2. The number of H-pyrrole nitrogens is 1. The minimum absolute atomic E-state index is 0.0423. The van der Waals surface area contributed by atoms with E-state index < -0.39 is 29.4 Å². The first-order chi connectivity index (χ1) is 14.2. The second-order valence-corrected chi connectivity index (χ2v) is 8.45. The lowest BCUT2D eigenvalue weighted by molar-refractivity contribution is -0.140. The number of nitrogens with one attached hydrogen (secondary N) is 2. The molecule has 162 valence electrons. The van der Waals surface area contributed by atoms with Gasteiger partial charge in [-0.1, -0.05) is 0 Å². The van der Waals surface area contributed by atoms with Crippen LogP contribution in [-0.2, 0) is 16.0 Å². The quantitative estimate of drug-likeness (QED) is 0.207. The van der Waals surface area contributed by atoms with Gasteiger partial charge in [-0.3, -0.25) is 19.4 Å². The molecule has 0 fully saturated rings. The summed E-state index contributed by atoms with van der Waals surface area (Å²) in [7, 11) is 0. The topological polar surface area (TPSA) is 201 Å². The van der Waals surface area contributed by atoms with Gasteiger partial charge in [0.25, 0.3) is 11.5 Å². The van der Waals surface area contributed by atoms with Crippen LogP contribution in [0.25, 0.3) is 0 Å². The number of aromatic amines is 1. The van der Waals surface area contributed by atoms with E-state index >= 15 is 0 Å². The van der Waals surface area contributed by atoms with E-state index in [0.29, 0.717) is 28.4 Å². The molecule has 2 aromatic heterocycles. The monoisotopic (exact) mass is 455 g/mol. The number of hydrogen-bond acceptors (Lipinski definition) is 9. The summed E-state index contributed by atoms with van der Waals surface area (Å²) >= 11 is 2.48. The van der Waals surface area contributed by atoms with Crippen molar-refractivity contribution >= 4 is 52.7 Å². The van der Waals surface area contributed by atoms with E-state index in [4.69, 9.17) is 21.7 Å². The summed E-state index contributed by atoms with van der Waals surface area (Å²) in [5.41, 5.74) is 10.7. The number of hydrogen-bond donors (Lipinski definition) is 6. The Kier molecular flexibility index (Phi) is 8.24. The first-order valence-corrected chi connectivity index (χ1v) is 10.6. The second-order valence-electron chi connectivity index (χ2n) is 6.18. The van der Waals surface area contributed by atoms with E-state index in [-0.39, 0.29) is 24.6 Å². The second kappa shape index (κ2) is 10.6. The van der Waals surface area contributed by atoms with Gasteiger partial charge in [-0.25, -0.2) is 4.79 Å². The van der Waals surface area contributed by atoms with Gasteiger partial charge in [0.05, 0.1) is 4.88 Å². The number of carbonyl (C=O) groups excluding carboxylic acids is 1. The molecule has 13 heteroatoms. The van der Waals surface area contributed by atoms with Crippen LogP contribution in [0.15, 0.2) is 21.8 Å². The largest absolute Gasteiger partial charge is 0.481 e. The summed E-state index contributed by atoms with van der Waals surface area (Å²) in [6, 6.07) is 2.08. The highest BCUT2D eigenvalue weighted by atomic mass is 32.2. The van der Waals surface area contributed by atoms with Gasteiger partial charge in [-0.2, -0.15) is 4.98 Å². The number of carboxylic acid groups (broad SMARTS) is 2. The molecule has 0 bridgehead atoms. The Bertz CT molecular complexity index is 989. The molecule has 30 heavy (non-hydrogen) atoms. The third-order valence-corrected chi connectivity index (χ3v) is 6.19. The molecule has 0 saturated carbocycles. The van der Waals surface area contributed by atoms with Crippen molar-refractivity contribution in [2.75, 3.05) is 17.2 Å². The predicted molar refractivity (Wildman–Crippen MR) is 113 cm³/mol. The highest BCUT2D eigenvalue weighted by Crippen LogP contribution is 2.23. The molecule has 11 nitrogen and oxygen atoms in total. The Morgan fingerprint density at radius 1 is 1.27 bits per heavy atom. The molecule has 0 aliphatic rings. The molecule has 1 atom stereocenters. The first-order valence-electron chi connectivity index (χ1n) is 8.79. The molecular formula is C17H21N5O6S2. The maximum atomic E-state index is 12.3. The molecule has 2 aromatic rings.